The van der Waals surface area contributed by atoms with E-state index < -0.39 is 17.8 Å². The highest BCUT2D eigenvalue weighted by Crippen LogP contribution is 2.55. The molecule has 1 aliphatic carbocycles. The Morgan fingerprint density at radius 1 is 1.61 bits per heavy atom. The number of aromatic nitrogens is 2. The van der Waals surface area contributed by atoms with Crippen LogP contribution < -0.4 is 10.9 Å². The van der Waals surface area contributed by atoms with Gasteiger partial charge in [0.2, 0.25) is 0 Å². The molecule has 1 aromatic heterocycles. The summed E-state index contributed by atoms with van der Waals surface area (Å²) < 4.78 is 27.7. The van der Waals surface area contributed by atoms with Gasteiger partial charge in [-0.15, -0.1) is 0 Å². The van der Waals surface area contributed by atoms with Crippen molar-refractivity contribution in [3.05, 3.63) is 22.2 Å². The number of halogens is 2. The van der Waals surface area contributed by atoms with Gasteiger partial charge in [0.05, 0.1) is 11.9 Å². The van der Waals surface area contributed by atoms with Crippen LogP contribution in [0.15, 0.2) is 11.1 Å². The topological polar surface area (TPSA) is 46.9 Å². The number of fused-ring (bicyclic) bond motifs is 1. The van der Waals surface area contributed by atoms with E-state index in [9.17, 15) is 13.6 Å². The monoisotopic (exact) mass is 255 g/mol. The average Bonchev–Trinajstić information content (AvgIpc) is 2.83. The summed E-state index contributed by atoms with van der Waals surface area (Å²) in [7, 11) is 0. The second kappa shape index (κ2) is 3.76. The summed E-state index contributed by atoms with van der Waals surface area (Å²) in [6.07, 6.45) is 2.93. The fourth-order valence-electron chi connectivity index (χ4n) is 2.56. The molecule has 18 heavy (non-hydrogen) atoms. The highest BCUT2D eigenvalue weighted by Gasteiger charge is 2.65. The number of hydrogen-bond donors (Lipinski definition) is 1. The first-order chi connectivity index (χ1) is 8.51. The van der Waals surface area contributed by atoms with Gasteiger partial charge in [-0.3, -0.25) is 9.36 Å². The van der Waals surface area contributed by atoms with E-state index >= 15 is 0 Å². The van der Waals surface area contributed by atoms with Crippen molar-refractivity contribution in [2.45, 2.75) is 32.2 Å². The van der Waals surface area contributed by atoms with Gasteiger partial charge in [0.25, 0.3) is 11.5 Å². The summed E-state index contributed by atoms with van der Waals surface area (Å²) in [6, 6.07) is 0. The van der Waals surface area contributed by atoms with Crippen LogP contribution in [0.1, 0.15) is 18.9 Å². The van der Waals surface area contributed by atoms with Crippen molar-refractivity contribution in [3.63, 3.8) is 0 Å². The van der Waals surface area contributed by atoms with Crippen LogP contribution >= 0.6 is 0 Å². The summed E-state index contributed by atoms with van der Waals surface area (Å²) >= 11 is 0. The third-order valence-corrected chi connectivity index (χ3v) is 4.02. The molecule has 6 heteroatoms. The van der Waals surface area contributed by atoms with Crippen molar-refractivity contribution in [1.82, 2.24) is 9.55 Å². The molecule has 1 aromatic rings. The SMILES string of the molecule is C[C@@H]1[C@@H](Cn2cnc3c(c2=O)CCCN3)C1(F)F. The highest BCUT2D eigenvalue weighted by atomic mass is 19.3. The van der Waals surface area contributed by atoms with Crippen LogP contribution in [0.3, 0.4) is 0 Å². The zero-order valence-corrected chi connectivity index (χ0v) is 10.1. The maximum atomic E-state index is 13.2. The van der Waals surface area contributed by atoms with Gasteiger partial charge in [-0.2, -0.15) is 0 Å². The second-order valence-electron chi connectivity index (χ2n) is 5.13. The first-order valence-electron chi connectivity index (χ1n) is 6.22. The molecular formula is C12H15F2N3O. The molecule has 0 radical (unpaired) electrons. The van der Waals surface area contributed by atoms with E-state index in [0.29, 0.717) is 17.8 Å². The number of nitrogens with one attached hydrogen (secondary N) is 1. The maximum absolute atomic E-state index is 13.2. The van der Waals surface area contributed by atoms with Gasteiger partial charge >= 0.3 is 0 Å². The quantitative estimate of drug-likeness (QED) is 0.871. The molecule has 2 aliphatic rings. The molecule has 0 amide bonds. The maximum Gasteiger partial charge on any atom is 0.258 e. The van der Waals surface area contributed by atoms with E-state index in [4.69, 9.17) is 0 Å². The molecule has 0 aromatic carbocycles. The Morgan fingerprint density at radius 2 is 2.33 bits per heavy atom. The predicted molar refractivity (Wildman–Crippen MR) is 62.9 cm³/mol. The largest absolute Gasteiger partial charge is 0.370 e. The molecule has 2 heterocycles. The number of nitrogens with zero attached hydrogens (tertiary/aromatic N) is 2. The van der Waals surface area contributed by atoms with E-state index in [0.717, 1.165) is 13.0 Å². The Labute approximate surface area is 103 Å². The lowest BCUT2D eigenvalue weighted by molar-refractivity contribution is 0.0834. The van der Waals surface area contributed by atoms with Crippen LogP contribution in [-0.4, -0.2) is 22.0 Å². The number of anilines is 1. The number of rotatable bonds is 2. The molecule has 2 atom stereocenters. The lowest BCUT2D eigenvalue weighted by Crippen LogP contribution is -2.30. The Balaban J connectivity index is 1.88. The molecule has 0 bridgehead atoms. The lowest BCUT2D eigenvalue weighted by Gasteiger charge is -2.17. The van der Waals surface area contributed by atoms with Crippen LogP contribution in [-0.2, 0) is 13.0 Å². The summed E-state index contributed by atoms with van der Waals surface area (Å²) in [6.45, 7) is 2.39. The Kier molecular flexibility index (Phi) is 2.43. The molecule has 0 saturated heterocycles. The summed E-state index contributed by atoms with van der Waals surface area (Å²) in [4.78, 5) is 16.3. The third kappa shape index (κ3) is 1.62. The van der Waals surface area contributed by atoms with E-state index in [1.165, 1.54) is 17.8 Å². The molecule has 98 valence electrons. The smallest absolute Gasteiger partial charge is 0.258 e. The van der Waals surface area contributed by atoms with Crippen LogP contribution in [0.25, 0.3) is 0 Å². The zero-order chi connectivity index (χ0) is 12.9. The van der Waals surface area contributed by atoms with Crippen molar-refractivity contribution in [1.29, 1.82) is 0 Å². The van der Waals surface area contributed by atoms with Crippen molar-refractivity contribution in [2.24, 2.45) is 11.8 Å². The van der Waals surface area contributed by atoms with Gasteiger partial charge < -0.3 is 5.32 Å². The second-order valence-corrected chi connectivity index (χ2v) is 5.13. The normalized spacial score (nSPS) is 28.4. The van der Waals surface area contributed by atoms with E-state index in [-0.39, 0.29) is 12.1 Å². The minimum Gasteiger partial charge on any atom is -0.370 e. The summed E-state index contributed by atoms with van der Waals surface area (Å²) in [5, 5.41) is 3.05. The molecule has 1 fully saturated rings. The van der Waals surface area contributed by atoms with Crippen molar-refractivity contribution in [2.75, 3.05) is 11.9 Å². The van der Waals surface area contributed by atoms with E-state index in [2.05, 4.69) is 10.3 Å². The van der Waals surface area contributed by atoms with Gasteiger partial charge in [-0.1, -0.05) is 6.92 Å². The minimum atomic E-state index is -2.63. The highest BCUT2D eigenvalue weighted by molar-refractivity contribution is 5.44. The van der Waals surface area contributed by atoms with E-state index in [1.807, 2.05) is 0 Å². The standard InChI is InChI=1S/C12H15F2N3O/c1-7-9(12(7,13)14)5-17-6-16-10-8(11(17)18)3-2-4-15-10/h6-7,9,15H,2-5H2,1H3/t7-,9-/m1/s1. The number of alkyl halides is 2. The zero-order valence-electron chi connectivity index (χ0n) is 10.1. The molecule has 1 N–H and O–H groups in total. The van der Waals surface area contributed by atoms with Gasteiger partial charge in [0.15, 0.2) is 0 Å². The van der Waals surface area contributed by atoms with Crippen molar-refractivity contribution in [3.8, 4) is 0 Å². The third-order valence-electron chi connectivity index (χ3n) is 4.02. The Bertz CT molecular complexity index is 541. The van der Waals surface area contributed by atoms with Gasteiger partial charge in [0.1, 0.15) is 5.82 Å². The molecule has 0 unspecified atom stereocenters. The first-order valence-corrected chi connectivity index (χ1v) is 6.22. The minimum absolute atomic E-state index is 0.0628. The summed E-state index contributed by atoms with van der Waals surface area (Å²) in [5.74, 6) is -3.39. The van der Waals surface area contributed by atoms with Crippen molar-refractivity contribution >= 4 is 5.82 Å². The lowest BCUT2D eigenvalue weighted by atomic mass is 10.1. The van der Waals surface area contributed by atoms with Gasteiger partial charge in [-0.25, -0.2) is 13.8 Å². The van der Waals surface area contributed by atoms with Crippen LogP contribution in [0.5, 0.6) is 0 Å². The molecule has 4 nitrogen and oxygen atoms in total. The Morgan fingerprint density at radius 3 is 3.00 bits per heavy atom. The molecule has 1 saturated carbocycles. The van der Waals surface area contributed by atoms with Gasteiger partial charge in [0, 0.05) is 24.9 Å². The predicted octanol–water partition coefficient (Wildman–Crippen LogP) is 1.50. The summed E-state index contributed by atoms with van der Waals surface area (Å²) in [5.41, 5.74) is 0.447. The average molecular weight is 255 g/mol. The fourth-order valence-corrected chi connectivity index (χ4v) is 2.56. The molecule has 1 aliphatic heterocycles. The molecule has 3 rings (SSSR count). The van der Waals surface area contributed by atoms with Crippen molar-refractivity contribution < 1.29 is 8.78 Å². The molecule has 0 spiro atoms. The van der Waals surface area contributed by atoms with Crippen LogP contribution in [0, 0.1) is 11.8 Å². The van der Waals surface area contributed by atoms with E-state index in [1.54, 1.807) is 0 Å². The van der Waals surface area contributed by atoms with Crippen LogP contribution in [0.4, 0.5) is 14.6 Å². The number of hydrogen-bond acceptors (Lipinski definition) is 3. The van der Waals surface area contributed by atoms with Gasteiger partial charge in [-0.05, 0) is 12.8 Å². The first kappa shape index (κ1) is 11.6. The molecular weight excluding hydrogens is 240 g/mol. The van der Waals surface area contributed by atoms with Crippen LogP contribution in [0.2, 0.25) is 0 Å². The fraction of sp³-hybridized carbons (Fsp3) is 0.667. The Hall–Kier alpha value is -1.46.